The van der Waals surface area contributed by atoms with Crippen molar-refractivity contribution in [1.82, 2.24) is 5.43 Å². The van der Waals surface area contributed by atoms with Gasteiger partial charge < -0.3 is 0 Å². The van der Waals surface area contributed by atoms with Gasteiger partial charge in [0.05, 0.1) is 17.1 Å². The Labute approximate surface area is 148 Å². The van der Waals surface area contributed by atoms with Gasteiger partial charge in [0.25, 0.3) is 5.69 Å². The highest BCUT2D eigenvalue weighted by Crippen LogP contribution is 2.25. The van der Waals surface area contributed by atoms with Gasteiger partial charge in [-0.2, -0.15) is 5.10 Å². The SMILES string of the molecule is CC(=NNC(=O)Cc1ccc(Cl)cc1)c1ccc(Cl)c([N+](=O)[O-])c1. The summed E-state index contributed by atoms with van der Waals surface area (Å²) in [6, 6.07) is 11.2. The third kappa shape index (κ3) is 4.78. The van der Waals surface area contributed by atoms with Gasteiger partial charge in [-0.1, -0.05) is 41.4 Å². The van der Waals surface area contributed by atoms with Crippen molar-refractivity contribution in [2.75, 3.05) is 0 Å². The monoisotopic (exact) mass is 365 g/mol. The fourth-order valence-electron chi connectivity index (χ4n) is 1.92. The smallest absolute Gasteiger partial charge is 0.273 e. The number of carbonyl (C=O) groups is 1. The standard InChI is InChI=1S/C16H13Cl2N3O3/c1-10(12-4-7-14(18)15(9-12)21(23)24)19-20-16(22)8-11-2-5-13(17)6-3-11/h2-7,9H,8H2,1H3,(H,20,22). The Morgan fingerprint density at radius 3 is 2.50 bits per heavy atom. The fraction of sp³-hybridized carbons (Fsp3) is 0.125. The fourth-order valence-corrected chi connectivity index (χ4v) is 2.23. The van der Waals surface area contributed by atoms with Gasteiger partial charge in [-0.3, -0.25) is 14.9 Å². The van der Waals surface area contributed by atoms with Crippen LogP contribution in [0.4, 0.5) is 5.69 Å². The maximum atomic E-state index is 11.9. The molecule has 0 radical (unpaired) electrons. The van der Waals surface area contributed by atoms with Crippen molar-refractivity contribution in [2.45, 2.75) is 13.3 Å². The highest BCUT2D eigenvalue weighted by Gasteiger charge is 2.14. The number of amides is 1. The number of nitro groups is 1. The lowest BCUT2D eigenvalue weighted by Gasteiger charge is -2.04. The van der Waals surface area contributed by atoms with Crippen LogP contribution in [0.15, 0.2) is 47.6 Å². The Kier molecular flexibility index (Phi) is 5.89. The summed E-state index contributed by atoms with van der Waals surface area (Å²) in [5, 5.41) is 15.5. The molecule has 0 bridgehead atoms. The van der Waals surface area contributed by atoms with Gasteiger partial charge in [0.15, 0.2) is 0 Å². The topological polar surface area (TPSA) is 84.6 Å². The largest absolute Gasteiger partial charge is 0.288 e. The minimum Gasteiger partial charge on any atom is -0.273 e. The molecule has 0 heterocycles. The second-order valence-corrected chi connectivity index (χ2v) is 5.80. The van der Waals surface area contributed by atoms with Crippen LogP contribution in [0.1, 0.15) is 18.1 Å². The third-order valence-corrected chi connectivity index (χ3v) is 3.76. The molecule has 2 rings (SSSR count). The van der Waals surface area contributed by atoms with Gasteiger partial charge >= 0.3 is 0 Å². The maximum absolute atomic E-state index is 11.9. The van der Waals surface area contributed by atoms with Crippen molar-refractivity contribution in [3.8, 4) is 0 Å². The molecule has 124 valence electrons. The number of nitrogens with zero attached hydrogens (tertiary/aromatic N) is 2. The van der Waals surface area contributed by atoms with Crippen LogP contribution < -0.4 is 5.43 Å². The molecule has 0 aliphatic rings. The molecule has 0 saturated heterocycles. The zero-order valence-corrected chi connectivity index (χ0v) is 14.1. The normalized spacial score (nSPS) is 11.2. The summed E-state index contributed by atoms with van der Waals surface area (Å²) in [6.07, 6.45) is 0.148. The van der Waals surface area contributed by atoms with Crippen molar-refractivity contribution < 1.29 is 9.72 Å². The molecule has 0 spiro atoms. The molecule has 6 nitrogen and oxygen atoms in total. The van der Waals surface area contributed by atoms with E-state index in [4.69, 9.17) is 23.2 Å². The van der Waals surface area contributed by atoms with E-state index in [0.29, 0.717) is 16.3 Å². The molecule has 2 aromatic carbocycles. The first kappa shape index (κ1) is 17.9. The zero-order chi connectivity index (χ0) is 17.7. The quantitative estimate of drug-likeness (QED) is 0.493. The molecule has 2 aromatic rings. The number of nitro benzene ring substituents is 1. The number of nitrogens with one attached hydrogen (secondary N) is 1. The first-order valence-corrected chi connectivity index (χ1v) is 7.64. The molecule has 1 N–H and O–H groups in total. The average Bonchev–Trinajstić information content (AvgIpc) is 2.55. The number of hydrogen-bond acceptors (Lipinski definition) is 4. The lowest BCUT2D eigenvalue weighted by Crippen LogP contribution is -2.21. The van der Waals surface area contributed by atoms with Gasteiger partial charge in [0, 0.05) is 16.7 Å². The lowest BCUT2D eigenvalue weighted by molar-refractivity contribution is -0.384. The number of hydrazone groups is 1. The van der Waals surface area contributed by atoms with Crippen molar-refractivity contribution in [1.29, 1.82) is 0 Å². The van der Waals surface area contributed by atoms with Gasteiger partial charge in [0.2, 0.25) is 5.91 Å². The van der Waals surface area contributed by atoms with Crippen LogP contribution in [-0.2, 0) is 11.2 Å². The van der Waals surface area contributed by atoms with Gasteiger partial charge in [-0.05, 0) is 30.7 Å². The van der Waals surface area contributed by atoms with Crippen LogP contribution in [-0.4, -0.2) is 16.5 Å². The van der Waals surface area contributed by atoms with Crippen molar-refractivity contribution in [3.63, 3.8) is 0 Å². The lowest BCUT2D eigenvalue weighted by atomic mass is 10.1. The summed E-state index contributed by atoms with van der Waals surface area (Å²) < 4.78 is 0. The third-order valence-electron chi connectivity index (χ3n) is 3.19. The second kappa shape index (κ2) is 7.90. The summed E-state index contributed by atoms with van der Waals surface area (Å²) in [7, 11) is 0. The predicted octanol–water partition coefficient (Wildman–Crippen LogP) is 3.98. The predicted molar refractivity (Wildman–Crippen MR) is 93.6 cm³/mol. The summed E-state index contributed by atoms with van der Waals surface area (Å²) >= 11 is 11.5. The zero-order valence-electron chi connectivity index (χ0n) is 12.6. The molecular weight excluding hydrogens is 353 g/mol. The highest BCUT2D eigenvalue weighted by atomic mass is 35.5. The maximum Gasteiger partial charge on any atom is 0.288 e. The molecule has 0 atom stereocenters. The molecule has 0 saturated carbocycles. The van der Waals surface area contributed by atoms with Crippen LogP contribution in [0.5, 0.6) is 0 Å². The van der Waals surface area contributed by atoms with E-state index >= 15 is 0 Å². The van der Waals surface area contributed by atoms with Gasteiger partial charge in [0.1, 0.15) is 5.02 Å². The number of carbonyl (C=O) groups excluding carboxylic acids is 1. The van der Waals surface area contributed by atoms with E-state index in [0.717, 1.165) is 5.56 Å². The van der Waals surface area contributed by atoms with Crippen LogP contribution >= 0.6 is 23.2 Å². The van der Waals surface area contributed by atoms with E-state index in [1.54, 1.807) is 37.3 Å². The summed E-state index contributed by atoms with van der Waals surface area (Å²) in [5.41, 5.74) is 3.93. The van der Waals surface area contributed by atoms with Crippen LogP contribution in [0.2, 0.25) is 10.0 Å². The van der Waals surface area contributed by atoms with E-state index in [2.05, 4.69) is 10.5 Å². The molecule has 24 heavy (non-hydrogen) atoms. The first-order valence-electron chi connectivity index (χ1n) is 6.88. The minimum absolute atomic E-state index is 0.0447. The first-order chi connectivity index (χ1) is 11.4. The molecule has 0 fully saturated rings. The second-order valence-electron chi connectivity index (χ2n) is 4.96. The Balaban J connectivity index is 2.05. The van der Waals surface area contributed by atoms with Crippen molar-refractivity contribution >= 4 is 40.5 Å². The average molecular weight is 366 g/mol. The highest BCUT2D eigenvalue weighted by molar-refractivity contribution is 6.32. The van der Waals surface area contributed by atoms with E-state index in [-0.39, 0.29) is 23.0 Å². The van der Waals surface area contributed by atoms with E-state index in [1.165, 1.54) is 12.1 Å². The van der Waals surface area contributed by atoms with E-state index in [9.17, 15) is 14.9 Å². The molecule has 0 aliphatic heterocycles. The van der Waals surface area contributed by atoms with Crippen molar-refractivity contribution in [3.05, 3.63) is 73.8 Å². The molecule has 0 aromatic heterocycles. The molecule has 0 unspecified atom stereocenters. The van der Waals surface area contributed by atoms with E-state index < -0.39 is 4.92 Å². The number of hydrogen-bond donors (Lipinski definition) is 1. The van der Waals surface area contributed by atoms with Crippen molar-refractivity contribution in [2.24, 2.45) is 5.10 Å². The van der Waals surface area contributed by atoms with Crippen LogP contribution in [0.25, 0.3) is 0 Å². The number of halogens is 2. The van der Waals surface area contributed by atoms with Crippen LogP contribution in [0, 0.1) is 10.1 Å². The Morgan fingerprint density at radius 1 is 1.21 bits per heavy atom. The molecule has 8 heteroatoms. The number of rotatable bonds is 5. The van der Waals surface area contributed by atoms with Gasteiger partial charge in [-0.15, -0.1) is 0 Å². The molecule has 0 aliphatic carbocycles. The Morgan fingerprint density at radius 2 is 1.88 bits per heavy atom. The molecule has 1 amide bonds. The summed E-state index contributed by atoms with van der Waals surface area (Å²) in [6.45, 7) is 1.63. The van der Waals surface area contributed by atoms with Gasteiger partial charge in [-0.25, -0.2) is 5.43 Å². The summed E-state index contributed by atoms with van der Waals surface area (Å²) in [5.74, 6) is -0.305. The van der Waals surface area contributed by atoms with E-state index in [1.807, 2.05) is 0 Å². The minimum atomic E-state index is -0.571. The summed E-state index contributed by atoms with van der Waals surface area (Å²) in [4.78, 5) is 22.2. The molecular formula is C16H13Cl2N3O3. The Bertz CT molecular complexity index is 805. The van der Waals surface area contributed by atoms with Crippen LogP contribution in [0.3, 0.4) is 0 Å². The number of benzene rings is 2. The Hall–Kier alpha value is -2.44.